The molecule has 1 aromatic rings. The Hall–Kier alpha value is -2.68. The fourth-order valence-corrected chi connectivity index (χ4v) is 4.02. The van der Waals surface area contributed by atoms with Gasteiger partial charge in [0, 0.05) is 51.8 Å². The van der Waals surface area contributed by atoms with E-state index in [-0.39, 0.29) is 30.7 Å². The average molecular weight is 386 g/mol. The fraction of sp³-hybridized carbons (Fsp3) is 0.579. The van der Waals surface area contributed by atoms with Gasteiger partial charge in [0.2, 0.25) is 11.8 Å². The van der Waals surface area contributed by atoms with Gasteiger partial charge in [-0.2, -0.15) is 0 Å². The number of likely N-dealkylation sites (tertiary alicyclic amines) is 1. The highest BCUT2D eigenvalue weighted by Crippen LogP contribution is 2.30. The van der Waals surface area contributed by atoms with Crippen molar-refractivity contribution >= 4 is 23.5 Å². The predicted molar refractivity (Wildman–Crippen MR) is 103 cm³/mol. The Morgan fingerprint density at radius 1 is 1.14 bits per heavy atom. The van der Waals surface area contributed by atoms with Crippen molar-refractivity contribution in [2.24, 2.45) is 0 Å². The van der Waals surface area contributed by atoms with Gasteiger partial charge in [-0.1, -0.05) is 0 Å². The van der Waals surface area contributed by atoms with Crippen LogP contribution in [0.2, 0.25) is 0 Å². The van der Waals surface area contributed by atoms with Gasteiger partial charge < -0.3 is 25.3 Å². The van der Waals surface area contributed by atoms with Gasteiger partial charge in [-0.3, -0.25) is 14.4 Å². The molecule has 0 radical (unpaired) electrons. The SMILES string of the molecule is CN1CCN(C(=O)CN2CCC3(CCC2=O)NC(=O)c2cccnc2N3)CC1. The second kappa shape index (κ2) is 7.38. The Morgan fingerprint density at radius 3 is 2.71 bits per heavy atom. The van der Waals surface area contributed by atoms with Crippen LogP contribution in [0.1, 0.15) is 29.6 Å². The summed E-state index contributed by atoms with van der Waals surface area (Å²) >= 11 is 0. The van der Waals surface area contributed by atoms with E-state index in [0.717, 1.165) is 13.1 Å². The standard InChI is InChI=1S/C19H26N6O3/c1-23-9-11-24(12-10-23)16(27)13-25-8-6-19(5-4-15(25)26)21-17-14(18(28)22-19)3-2-7-20-17/h2-3,7H,4-6,8-13H2,1H3,(H,20,21)(H,22,28). The lowest BCUT2D eigenvalue weighted by molar-refractivity contribution is -0.141. The van der Waals surface area contributed by atoms with Crippen LogP contribution in [0.5, 0.6) is 0 Å². The molecular formula is C19H26N6O3. The van der Waals surface area contributed by atoms with Crippen molar-refractivity contribution in [3.8, 4) is 0 Å². The summed E-state index contributed by atoms with van der Waals surface area (Å²) in [4.78, 5) is 47.7. The molecule has 3 aliphatic rings. The molecule has 4 rings (SSSR count). The lowest BCUT2D eigenvalue weighted by Gasteiger charge is -2.39. The topological polar surface area (TPSA) is 97.9 Å². The molecule has 4 heterocycles. The minimum atomic E-state index is -0.709. The highest BCUT2D eigenvalue weighted by molar-refractivity contribution is 6.01. The van der Waals surface area contributed by atoms with Crippen LogP contribution >= 0.6 is 0 Å². The van der Waals surface area contributed by atoms with Crippen molar-refractivity contribution < 1.29 is 14.4 Å². The summed E-state index contributed by atoms with van der Waals surface area (Å²) in [6.07, 6.45) is 2.90. The Bertz CT molecular complexity index is 792. The van der Waals surface area contributed by atoms with Crippen molar-refractivity contribution in [1.29, 1.82) is 0 Å². The first kappa shape index (κ1) is 18.7. The number of likely N-dealkylation sites (N-methyl/N-ethyl adjacent to an activating group) is 1. The Balaban J connectivity index is 1.42. The van der Waals surface area contributed by atoms with Crippen molar-refractivity contribution in [2.75, 3.05) is 51.6 Å². The third-order valence-electron chi connectivity index (χ3n) is 5.87. The quantitative estimate of drug-likeness (QED) is 0.726. The van der Waals surface area contributed by atoms with Crippen LogP contribution in [-0.2, 0) is 9.59 Å². The third-order valence-corrected chi connectivity index (χ3v) is 5.87. The maximum atomic E-state index is 12.6. The van der Waals surface area contributed by atoms with Gasteiger partial charge in [-0.15, -0.1) is 0 Å². The van der Waals surface area contributed by atoms with Crippen molar-refractivity contribution in [3.63, 3.8) is 0 Å². The molecule has 2 fully saturated rings. The van der Waals surface area contributed by atoms with Gasteiger partial charge in [0.05, 0.1) is 12.1 Å². The number of nitrogens with zero attached hydrogens (tertiary/aromatic N) is 4. The van der Waals surface area contributed by atoms with Crippen molar-refractivity contribution in [1.82, 2.24) is 25.0 Å². The number of nitrogens with one attached hydrogen (secondary N) is 2. The summed E-state index contributed by atoms with van der Waals surface area (Å²) in [6.45, 7) is 3.61. The largest absolute Gasteiger partial charge is 0.347 e. The summed E-state index contributed by atoms with van der Waals surface area (Å²) < 4.78 is 0. The molecule has 0 saturated carbocycles. The molecule has 0 aliphatic carbocycles. The van der Waals surface area contributed by atoms with Gasteiger partial charge in [-0.05, 0) is 25.6 Å². The van der Waals surface area contributed by atoms with Crippen LogP contribution in [0.3, 0.4) is 0 Å². The zero-order valence-corrected chi connectivity index (χ0v) is 16.1. The maximum absolute atomic E-state index is 12.6. The monoisotopic (exact) mass is 386 g/mol. The summed E-state index contributed by atoms with van der Waals surface area (Å²) in [5, 5.41) is 6.34. The number of hydrogen-bond acceptors (Lipinski definition) is 6. The van der Waals surface area contributed by atoms with E-state index >= 15 is 0 Å². The highest BCUT2D eigenvalue weighted by atomic mass is 16.2. The zero-order chi connectivity index (χ0) is 19.7. The summed E-state index contributed by atoms with van der Waals surface area (Å²) in [7, 11) is 2.04. The predicted octanol–water partition coefficient (Wildman–Crippen LogP) is -0.280. The van der Waals surface area contributed by atoms with Crippen molar-refractivity contribution in [2.45, 2.75) is 24.9 Å². The molecule has 0 aromatic carbocycles. The number of rotatable bonds is 2. The van der Waals surface area contributed by atoms with E-state index in [2.05, 4.69) is 20.5 Å². The Labute approximate surface area is 164 Å². The van der Waals surface area contributed by atoms with E-state index in [1.54, 1.807) is 23.2 Å². The number of aromatic nitrogens is 1. The van der Waals surface area contributed by atoms with E-state index in [1.165, 1.54) is 0 Å². The summed E-state index contributed by atoms with van der Waals surface area (Å²) in [5.41, 5.74) is -0.203. The number of piperazine rings is 1. The molecule has 1 spiro atoms. The number of pyridine rings is 1. The first-order chi connectivity index (χ1) is 13.5. The molecule has 9 heteroatoms. The maximum Gasteiger partial charge on any atom is 0.256 e. The number of fused-ring (bicyclic) bond motifs is 1. The molecular weight excluding hydrogens is 360 g/mol. The molecule has 3 aliphatic heterocycles. The molecule has 28 heavy (non-hydrogen) atoms. The van der Waals surface area contributed by atoms with E-state index in [0.29, 0.717) is 43.9 Å². The number of amides is 3. The molecule has 150 valence electrons. The second-order valence-corrected chi connectivity index (χ2v) is 7.81. The molecule has 0 bridgehead atoms. The first-order valence-corrected chi connectivity index (χ1v) is 9.76. The van der Waals surface area contributed by atoms with Crippen LogP contribution < -0.4 is 10.6 Å². The third kappa shape index (κ3) is 3.66. The second-order valence-electron chi connectivity index (χ2n) is 7.81. The van der Waals surface area contributed by atoms with E-state index in [1.807, 2.05) is 11.9 Å². The number of carbonyl (C=O) groups excluding carboxylic acids is 3. The van der Waals surface area contributed by atoms with Gasteiger partial charge in [0.15, 0.2) is 0 Å². The minimum Gasteiger partial charge on any atom is -0.347 e. The Kier molecular flexibility index (Phi) is 4.92. The lowest BCUT2D eigenvalue weighted by Crippen LogP contribution is -2.58. The normalized spacial score (nSPS) is 25.8. The molecule has 2 saturated heterocycles. The number of anilines is 1. The molecule has 9 nitrogen and oxygen atoms in total. The average Bonchev–Trinajstić information content (AvgIpc) is 2.83. The van der Waals surface area contributed by atoms with E-state index in [4.69, 9.17) is 0 Å². The van der Waals surface area contributed by atoms with Gasteiger partial charge in [0.25, 0.3) is 5.91 Å². The highest BCUT2D eigenvalue weighted by Gasteiger charge is 2.41. The van der Waals surface area contributed by atoms with Gasteiger partial charge in [0.1, 0.15) is 11.5 Å². The van der Waals surface area contributed by atoms with Crippen LogP contribution in [0.15, 0.2) is 18.3 Å². The molecule has 1 aromatic heterocycles. The number of hydrogen-bond donors (Lipinski definition) is 2. The van der Waals surface area contributed by atoms with Crippen molar-refractivity contribution in [3.05, 3.63) is 23.9 Å². The molecule has 3 amide bonds. The zero-order valence-electron chi connectivity index (χ0n) is 16.1. The smallest absolute Gasteiger partial charge is 0.256 e. The van der Waals surface area contributed by atoms with Crippen LogP contribution in [0, 0.1) is 0 Å². The van der Waals surface area contributed by atoms with Crippen LogP contribution in [-0.4, -0.2) is 89.4 Å². The van der Waals surface area contributed by atoms with Crippen LogP contribution in [0.25, 0.3) is 0 Å². The van der Waals surface area contributed by atoms with Gasteiger partial charge in [-0.25, -0.2) is 4.98 Å². The number of carbonyl (C=O) groups is 3. The summed E-state index contributed by atoms with van der Waals surface area (Å²) in [5.74, 6) is 0.296. The van der Waals surface area contributed by atoms with Gasteiger partial charge >= 0.3 is 0 Å². The Morgan fingerprint density at radius 2 is 1.93 bits per heavy atom. The van der Waals surface area contributed by atoms with Crippen LogP contribution in [0.4, 0.5) is 5.82 Å². The van der Waals surface area contributed by atoms with E-state index < -0.39 is 5.66 Å². The molecule has 1 atom stereocenters. The molecule has 1 unspecified atom stereocenters. The minimum absolute atomic E-state index is 0.00921. The lowest BCUT2D eigenvalue weighted by atomic mass is 9.97. The molecule has 2 N–H and O–H groups in total. The fourth-order valence-electron chi connectivity index (χ4n) is 4.02. The van der Waals surface area contributed by atoms with E-state index in [9.17, 15) is 14.4 Å². The first-order valence-electron chi connectivity index (χ1n) is 9.76. The summed E-state index contributed by atoms with van der Waals surface area (Å²) in [6, 6.07) is 3.45.